The summed E-state index contributed by atoms with van der Waals surface area (Å²) in [7, 11) is 1.66. The average molecular weight is 562 g/mol. The van der Waals surface area contributed by atoms with E-state index in [1.165, 1.54) is 5.56 Å². The summed E-state index contributed by atoms with van der Waals surface area (Å²) < 4.78 is 10.3. The summed E-state index contributed by atoms with van der Waals surface area (Å²) in [6.45, 7) is 1.72. The number of aryl methyl sites for hydroxylation is 3. The number of primary amides is 1. The van der Waals surface area contributed by atoms with Gasteiger partial charge in [0.1, 0.15) is 11.5 Å². The number of carbonyl (C=O) groups excluding carboxylic acids is 2. The van der Waals surface area contributed by atoms with E-state index in [9.17, 15) is 9.59 Å². The van der Waals surface area contributed by atoms with Crippen molar-refractivity contribution in [3.8, 4) is 28.1 Å². The van der Waals surface area contributed by atoms with Crippen LogP contribution in [0.15, 0.2) is 77.4 Å². The van der Waals surface area contributed by atoms with Gasteiger partial charge in [0.15, 0.2) is 5.82 Å². The van der Waals surface area contributed by atoms with Gasteiger partial charge in [0.05, 0.1) is 12.8 Å². The van der Waals surface area contributed by atoms with Crippen molar-refractivity contribution in [1.29, 1.82) is 0 Å². The highest BCUT2D eigenvalue weighted by Crippen LogP contribution is 2.35. The van der Waals surface area contributed by atoms with E-state index in [4.69, 9.17) is 20.0 Å². The van der Waals surface area contributed by atoms with Crippen LogP contribution in [0.1, 0.15) is 27.2 Å². The fourth-order valence-electron chi connectivity index (χ4n) is 4.93. The lowest BCUT2D eigenvalue weighted by atomic mass is 9.90. The van der Waals surface area contributed by atoms with E-state index in [2.05, 4.69) is 32.2 Å². The van der Waals surface area contributed by atoms with Crippen molar-refractivity contribution in [1.82, 2.24) is 15.1 Å². The predicted octanol–water partition coefficient (Wildman–Crippen LogP) is 5.70. The van der Waals surface area contributed by atoms with E-state index in [1.807, 2.05) is 42.6 Å². The van der Waals surface area contributed by atoms with E-state index in [0.29, 0.717) is 28.5 Å². The number of amides is 3. The SMILES string of the molecule is COc1ccc2c(c1)CCc1cnc(Nc3ccc(-c4cc(NC(=O)Nc5cc(C)on5)ccc4C(N)=O)cc3)nc1-2. The third-order valence-corrected chi connectivity index (χ3v) is 6.96. The number of hydrogen-bond donors (Lipinski definition) is 4. The van der Waals surface area contributed by atoms with Gasteiger partial charge in [-0.3, -0.25) is 10.1 Å². The molecule has 5 aromatic rings. The first-order valence-electron chi connectivity index (χ1n) is 13.2. The zero-order valence-electron chi connectivity index (χ0n) is 22.9. The van der Waals surface area contributed by atoms with Gasteiger partial charge in [-0.15, -0.1) is 0 Å². The topological polar surface area (TPSA) is 157 Å². The molecule has 6 rings (SSSR count). The normalized spacial score (nSPS) is 11.7. The van der Waals surface area contributed by atoms with Crippen molar-refractivity contribution in [2.24, 2.45) is 5.73 Å². The molecule has 5 N–H and O–H groups in total. The summed E-state index contributed by atoms with van der Waals surface area (Å²) in [4.78, 5) is 34.0. The van der Waals surface area contributed by atoms with Gasteiger partial charge in [-0.25, -0.2) is 14.8 Å². The molecular weight excluding hydrogens is 534 g/mol. The highest BCUT2D eigenvalue weighted by Gasteiger charge is 2.19. The summed E-state index contributed by atoms with van der Waals surface area (Å²) in [6, 6.07) is 19.4. The van der Waals surface area contributed by atoms with Crippen LogP contribution in [0.4, 0.5) is 27.9 Å². The first kappa shape index (κ1) is 26.5. The maximum Gasteiger partial charge on any atom is 0.324 e. The van der Waals surface area contributed by atoms with Crippen LogP contribution in [0.3, 0.4) is 0 Å². The number of nitrogens with zero attached hydrogens (tertiary/aromatic N) is 3. The van der Waals surface area contributed by atoms with Gasteiger partial charge in [-0.2, -0.15) is 0 Å². The Morgan fingerprint density at radius 1 is 0.905 bits per heavy atom. The van der Waals surface area contributed by atoms with Crippen LogP contribution in [0.25, 0.3) is 22.4 Å². The lowest BCUT2D eigenvalue weighted by Crippen LogP contribution is -2.20. The minimum absolute atomic E-state index is 0.286. The molecule has 11 heteroatoms. The maximum atomic E-state index is 12.4. The fourth-order valence-corrected chi connectivity index (χ4v) is 4.93. The van der Waals surface area contributed by atoms with Crippen molar-refractivity contribution in [2.45, 2.75) is 19.8 Å². The van der Waals surface area contributed by atoms with Crippen LogP contribution in [-0.4, -0.2) is 34.2 Å². The molecule has 0 aliphatic heterocycles. The summed E-state index contributed by atoms with van der Waals surface area (Å²) in [5, 5.41) is 12.4. The number of aromatic nitrogens is 3. The number of nitrogens with two attached hydrogens (primary N) is 1. The summed E-state index contributed by atoms with van der Waals surface area (Å²) in [5.41, 5.74) is 12.8. The molecule has 11 nitrogen and oxygen atoms in total. The van der Waals surface area contributed by atoms with E-state index >= 15 is 0 Å². The zero-order valence-corrected chi connectivity index (χ0v) is 22.9. The first-order chi connectivity index (χ1) is 20.4. The number of urea groups is 1. The zero-order chi connectivity index (χ0) is 29.2. The lowest BCUT2D eigenvalue weighted by Gasteiger charge is -2.20. The molecule has 2 heterocycles. The Morgan fingerprint density at radius 2 is 1.69 bits per heavy atom. The minimum Gasteiger partial charge on any atom is -0.497 e. The van der Waals surface area contributed by atoms with Gasteiger partial charge >= 0.3 is 6.03 Å². The van der Waals surface area contributed by atoms with E-state index < -0.39 is 11.9 Å². The van der Waals surface area contributed by atoms with Crippen molar-refractivity contribution in [3.05, 3.63) is 95.4 Å². The first-order valence-corrected chi connectivity index (χ1v) is 13.2. The van der Waals surface area contributed by atoms with Gasteiger partial charge in [0, 0.05) is 34.8 Å². The Morgan fingerprint density at radius 3 is 2.43 bits per heavy atom. The second-order valence-corrected chi connectivity index (χ2v) is 9.82. The van der Waals surface area contributed by atoms with Crippen LogP contribution in [0, 0.1) is 6.92 Å². The van der Waals surface area contributed by atoms with Crippen molar-refractivity contribution < 1.29 is 18.8 Å². The van der Waals surface area contributed by atoms with Crippen LogP contribution >= 0.6 is 0 Å². The fraction of sp³-hybridized carbons (Fsp3) is 0.129. The number of methoxy groups -OCH3 is 1. The van der Waals surface area contributed by atoms with Crippen molar-refractivity contribution in [2.75, 3.05) is 23.1 Å². The van der Waals surface area contributed by atoms with Gasteiger partial charge in [-0.05, 0) is 90.6 Å². The number of benzene rings is 3. The van der Waals surface area contributed by atoms with E-state index in [0.717, 1.165) is 46.7 Å². The summed E-state index contributed by atoms with van der Waals surface area (Å²) in [5.74, 6) is 1.58. The molecule has 1 aliphatic rings. The number of carbonyl (C=O) groups is 2. The van der Waals surface area contributed by atoms with E-state index in [-0.39, 0.29) is 5.82 Å². The maximum absolute atomic E-state index is 12.4. The molecule has 42 heavy (non-hydrogen) atoms. The molecule has 3 aromatic carbocycles. The third-order valence-electron chi connectivity index (χ3n) is 6.96. The van der Waals surface area contributed by atoms with Gasteiger partial charge in [0.2, 0.25) is 11.9 Å². The lowest BCUT2D eigenvalue weighted by molar-refractivity contribution is 0.100. The van der Waals surface area contributed by atoms with Crippen LogP contribution in [0.5, 0.6) is 5.75 Å². The summed E-state index contributed by atoms with van der Waals surface area (Å²) >= 11 is 0. The predicted molar refractivity (Wildman–Crippen MR) is 159 cm³/mol. The Bertz CT molecular complexity index is 1820. The smallest absolute Gasteiger partial charge is 0.324 e. The number of nitrogens with one attached hydrogen (secondary N) is 3. The average Bonchev–Trinajstić information content (AvgIpc) is 3.40. The van der Waals surface area contributed by atoms with Gasteiger partial charge in [0.25, 0.3) is 0 Å². The second-order valence-electron chi connectivity index (χ2n) is 9.82. The molecule has 0 unspecified atom stereocenters. The molecule has 3 amide bonds. The second kappa shape index (κ2) is 11.0. The molecule has 0 saturated carbocycles. The Kier molecular flexibility index (Phi) is 6.97. The number of ether oxygens (including phenoxy) is 1. The van der Waals surface area contributed by atoms with Crippen LogP contribution in [-0.2, 0) is 12.8 Å². The highest BCUT2D eigenvalue weighted by molar-refractivity contribution is 6.03. The molecular formula is C31H27N7O4. The Labute approximate surface area is 241 Å². The molecule has 0 spiro atoms. The molecule has 0 fully saturated rings. The number of anilines is 4. The van der Waals surface area contributed by atoms with Crippen molar-refractivity contribution in [3.63, 3.8) is 0 Å². The standard InChI is InChI=1S/C31H27N7O4/c1-17-13-27(38-42-17)36-31(40)35-22-9-11-25(29(32)39)26(15-22)18-5-7-21(8-6-18)34-30-33-16-20-4-3-19-14-23(41-2)10-12-24(19)28(20)37-30/h5-16H,3-4H2,1-2H3,(H2,32,39)(H,33,34,37)(H2,35,36,38,40). The minimum atomic E-state index is -0.582. The van der Waals surface area contributed by atoms with E-state index in [1.54, 1.807) is 38.3 Å². The molecule has 0 saturated heterocycles. The van der Waals surface area contributed by atoms with Crippen molar-refractivity contribution >= 4 is 35.1 Å². The van der Waals surface area contributed by atoms with Gasteiger partial charge in [-0.1, -0.05) is 17.3 Å². The largest absolute Gasteiger partial charge is 0.497 e. The van der Waals surface area contributed by atoms with Crippen LogP contribution < -0.4 is 26.4 Å². The molecule has 0 bridgehead atoms. The molecule has 0 atom stereocenters. The number of hydrogen-bond acceptors (Lipinski definition) is 8. The highest BCUT2D eigenvalue weighted by atomic mass is 16.5. The van der Waals surface area contributed by atoms with Crippen LogP contribution in [0.2, 0.25) is 0 Å². The molecule has 1 aliphatic carbocycles. The Balaban J connectivity index is 1.21. The van der Waals surface area contributed by atoms with Gasteiger partial charge < -0.3 is 25.6 Å². The molecule has 0 radical (unpaired) electrons. The third kappa shape index (κ3) is 5.48. The quantitative estimate of drug-likeness (QED) is 0.197. The number of rotatable bonds is 7. The molecule has 2 aromatic heterocycles. The molecule has 210 valence electrons. The number of fused-ring (bicyclic) bond motifs is 3. The Hall–Kier alpha value is -5.71. The summed E-state index contributed by atoms with van der Waals surface area (Å²) in [6.07, 6.45) is 3.64. The monoisotopic (exact) mass is 561 g/mol.